The minimum atomic E-state index is 0.927. The fourth-order valence-corrected chi connectivity index (χ4v) is 1.32. The van der Waals surface area contributed by atoms with Gasteiger partial charge in [-0.2, -0.15) is 0 Å². The van der Waals surface area contributed by atoms with Gasteiger partial charge in [-0.1, -0.05) is 18.2 Å². The molecule has 0 saturated carbocycles. The molecule has 0 bridgehead atoms. The Labute approximate surface area is 73.5 Å². The second kappa shape index (κ2) is 4.93. The van der Waals surface area contributed by atoms with Crippen molar-refractivity contribution in [1.29, 1.82) is 0 Å². The van der Waals surface area contributed by atoms with Crippen LogP contribution in [0.15, 0.2) is 16.8 Å². The molecule has 1 aliphatic rings. The van der Waals surface area contributed by atoms with Crippen LogP contribution >= 0.6 is 0 Å². The highest BCUT2D eigenvalue weighted by molar-refractivity contribution is 6.00. The topological polar surface area (TPSA) is 33.6 Å². The molecule has 12 heavy (non-hydrogen) atoms. The summed E-state index contributed by atoms with van der Waals surface area (Å²) in [4.78, 5) is 4.77. The minimum absolute atomic E-state index is 0.927. The average Bonchev–Trinajstić information content (AvgIpc) is 2.15. The molecule has 0 radical (unpaired) electrons. The standard InChI is InChI=1S/C9H16N2O/c1-3-9(11-12-2)8-5-4-6-10-7-8/h5,10H,3-4,6-7H2,1-2H3/b11-9+. The van der Waals surface area contributed by atoms with Crippen molar-refractivity contribution in [2.45, 2.75) is 19.8 Å². The third kappa shape index (κ3) is 2.34. The molecule has 0 saturated heterocycles. The maximum atomic E-state index is 4.77. The molecule has 0 aromatic heterocycles. The Morgan fingerprint density at radius 3 is 3.08 bits per heavy atom. The van der Waals surface area contributed by atoms with Gasteiger partial charge < -0.3 is 10.2 Å². The van der Waals surface area contributed by atoms with Gasteiger partial charge in [0.05, 0.1) is 5.71 Å². The maximum absolute atomic E-state index is 4.77. The zero-order valence-electron chi connectivity index (χ0n) is 7.76. The second-order valence-electron chi connectivity index (χ2n) is 2.77. The lowest BCUT2D eigenvalue weighted by molar-refractivity contribution is 0.212. The maximum Gasteiger partial charge on any atom is 0.106 e. The molecule has 0 atom stereocenters. The summed E-state index contributed by atoms with van der Waals surface area (Å²) in [6.45, 7) is 4.09. The van der Waals surface area contributed by atoms with E-state index in [0.717, 1.165) is 31.6 Å². The quantitative estimate of drug-likeness (QED) is 0.509. The Hall–Kier alpha value is -0.830. The van der Waals surface area contributed by atoms with Crippen molar-refractivity contribution < 1.29 is 4.84 Å². The Bertz CT molecular complexity index is 191. The van der Waals surface area contributed by atoms with Gasteiger partial charge >= 0.3 is 0 Å². The molecule has 1 rings (SSSR count). The van der Waals surface area contributed by atoms with Crippen LogP contribution in [0.4, 0.5) is 0 Å². The molecule has 1 aliphatic heterocycles. The Morgan fingerprint density at radius 2 is 2.58 bits per heavy atom. The van der Waals surface area contributed by atoms with Crippen LogP contribution in [0, 0.1) is 0 Å². The van der Waals surface area contributed by atoms with Crippen molar-refractivity contribution in [2.24, 2.45) is 5.16 Å². The van der Waals surface area contributed by atoms with Gasteiger partial charge in [0, 0.05) is 6.54 Å². The molecular weight excluding hydrogens is 152 g/mol. The number of hydrogen-bond acceptors (Lipinski definition) is 3. The van der Waals surface area contributed by atoms with Crippen LogP contribution in [0.5, 0.6) is 0 Å². The van der Waals surface area contributed by atoms with E-state index in [9.17, 15) is 0 Å². The van der Waals surface area contributed by atoms with Crippen LogP contribution < -0.4 is 5.32 Å². The van der Waals surface area contributed by atoms with Crippen molar-refractivity contribution in [3.63, 3.8) is 0 Å². The summed E-state index contributed by atoms with van der Waals surface area (Å²) in [5.74, 6) is 0. The fraction of sp³-hybridized carbons (Fsp3) is 0.667. The molecule has 3 heteroatoms. The Balaban J connectivity index is 2.64. The summed E-state index contributed by atoms with van der Waals surface area (Å²) in [6, 6.07) is 0. The molecule has 3 nitrogen and oxygen atoms in total. The van der Waals surface area contributed by atoms with Gasteiger partial charge in [0.25, 0.3) is 0 Å². The summed E-state index contributed by atoms with van der Waals surface area (Å²) in [5, 5.41) is 7.28. The van der Waals surface area contributed by atoms with Crippen molar-refractivity contribution >= 4 is 5.71 Å². The first-order valence-corrected chi connectivity index (χ1v) is 4.38. The van der Waals surface area contributed by atoms with Gasteiger partial charge in [0.2, 0.25) is 0 Å². The molecule has 0 fully saturated rings. The van der Waals surface area contributed by atoms with E-state index in [1.165, 1.54) is 5.57 Å². The van der Waals surface area contributed by atoms with E-state index in [2.05, 4.69) is 23.5 Å². The highest BCUT2D eigenvalue weighted by Gasteiger charge is 2.08. The predicted octanol–water partition coefficient (Wildman–Crippen LogP) is 1.32. The smallest absolute Gasteiger partial charge is 0.106 e. The van der Waals surface area contributed by atoms with E-state index in [-0.39, 0.29) is 0 Å². The van der Waals surface area contributed by atoms with Crippen molar-refractivity contribution in [2.75, 3.05) is 20.2 Å². The van der Waals surface area contributed by atoms with Gasteiger partial charge in [-0.25, -0.2) is 0 Å². The van der Waals surface area contributed by atoms with Gasteiger partial charge in [0.15, 0.2) is 0 Å². The minimum Gasteiger partial charge on any atom is -0.399 e. The van der Waals surface area contributed by atoms with Crippen LogP contribution in [0.3, 0.4) is 0 Å². The van der Waals surface area contributed by atoms with E-state index >= 15 is 0 Å². The molecule has 1 N–H and O–H groups in total. The largest absolute Gasteiger partial charge is 0.399 e. The molecule has 68 valence electrons. The molecule has 0 amide bonds. The molecule has 0 spiro atoms. The molecule has 0 unspecified atom stereocenters. The predicted molar refractivity (Wildman–Crippen MR) is 50.3 cm³/mol. The van der Waals surface area contributed by atoms with Crippen molar-refractivity contribution in [3.05, 3.63) is 11.6 Å². The first kappa shape index (κ1) is 9.26. The lowest BCUT2D eigenvalue weighted by atomic mass is 10.0. The number of rotatable bonds is 3. The first-order chi connectivity index (χ1) is 5.88. The summed E-state index contributed by atoms with van der Waals surface area (Å²) in [6.07, 6.45) is 4.26. The fourth-order valence-electron chi connectivity index (χ4n) is 1.32. The average molecular weight is 168 g/mol. The molecular formula is C9H16N2O. The normalized spacial score (nSPS) is 18.8. The van der Waals surface area contributed by atoms with E-state index in [4.69, 9.17) is 4.84 Å². The monoisotopic (exact) mass is 168 g/mol. The lowest BCUT2D eigenvalue weighted by Crippen LogP contribution is -2.25. The van der Waals surface area contributed by atoms with Crippen molar-refractivity contribution in [1.82, 2.24) is 5.32 Å². The first-order valence-electron chi connectivity index (χ1n) is 4.38. The molecule has 0 aromatic carbocycles. The van der Waals surface area contributed by atoms with Crippen LogP contribution in [0.25, 0.3) is 0 Å². The van der Waals surface area contributed by atoms with E-state index in [1.807, 2.05) is 0 Å². The third-order valence-corrected chi connectivity index (χ3v) is 1.93. The SMILES string of the molecule is CC/C(=N\OC)C1=CCCNC1. The number of nitrogens with zero attached hydrogens (tertiary/aromatic N) is 1. The number of hydrogen-bond donors (Lipinski definition) is 1. The van der Waals surface area contributed by atoms with E-state index in [1.54, 1.807) is 7.11 Å². The Kier molecular flexibility index (Phi) is 3.80. The zero-order valence-corrected chi connectivity index (χ0v) is 7.76. The highest BCUT2D eigenvalue weighted by atomic mass is 16.6. The van der Waals surface area contributed by atoms with E-state index in [0.29, 0.717) is 0 Å². The zero-order chi connectivity index (χ0) is 8.81. The molecule has 1 heterocycles. The van der Waals surface area contributed by atoms with Crippen LogP contribution in [-0.2, 0) is 4.84 Å². The van der Waals surface area contributed by atoms with Crippen LogP contribution in [0.2, 0.25) is 0 Å². The van der Waals surface area contributed by atoms with Crippen LogP contribution in [-0.4, -0.2) is 25.9 Å². The van der Waals surface area contributed by atoms with E-state index < -0.39 is 0 Å². The van der Waals surface area contributed by atoms with Gasteiger partial charge in [-0.3, -0.25) is 0 Å². The van der Waals surface area contributed by atoms with Gasteiger partial charge in [0.1, 0.15) is 7.11 Å². The molecule has 0 aliphatic carbocycles. The van der Waals surface area contributed by atoms with Crippen molar-refractivity contribution in [3.8, 4) is 0 Å². The third-order valence-electron chi connectivity index (χ3n) is 1.93. The number of oxime groups is 1. The second-order valence-corrected chi connectivity index (χ2v) is 2.77. The number of nitrogens with one attached hydrogen (secondary N) is 1. The van der Waals surface area contributed by atoms with Gasteiger partial charge in [-0.15, -0.1) is 0 Å². The lowest BCUT2D eigenvalue weighted by Gasteiger charge is -2.14. The Morgan fingerprint density at radius 1 is 1.75 bits per heavy atom. The van der Waals surface area contributed by atoms with Gasteiger partial charge in [-0.05, 0) is 25.0 Å². The van der Waals surface area contributed by atoms with Crippen LogP contribution in [0.1, 0.15) is 19.8 Å². The summed E-state index contributed by atoms with van der Waals surface area (Å²) < 4.78 is 0. The highest BCUT2D eigenvalue weighted by Crippen LogP contribution is 2.06. The summed E-state index contributed by atoms with van der Waals surface area (Å²) in [5.41, 5.74) is 2.34. The summed E-state index contributed by atoms with van der Waals surface area (Å²) in [7, 11) is 1.59. The molecule has 0 aromatic rings. The summed E-state index contributed by atoms with van der Waals surface area (Å²) >= 11 is 0.